The van der Waals surface area contributed by atoms with Gasteiger partial charge in [0.1, 0.15) is 5.02 Å². The summed E-state index contributed by atoms with van der Waals surface area (Å²) in [5.41, 5.74) is 0.722. The number of nitrogens with one attached hydrogen (secondary N) is 2. The van der Waals surface area contributed by atoms with E-state index in [-0.39, 0.29) is 10.6 Å². The zero-order chi connectivity index (χ0) is 14.1. The molecule has 0 atom stereocenters. The third-order valence-electron chi connectivity index (χ3n) is 3.27. The summed E-state index contributed by atoms with van der Waals surface area (Å²) in [7, 11) is 0. The molecule has 20 heavy (non-hydrogen) atoms. The van der Waals surface area contributed by atoms with E-state index < -0.39 is 0 Å². The SMILES string of the molecule is CC1=C(c2nc(N3CCOCC3)c(Cl)c(=O)[nH]2)SCN1. The number of anilines is 1. The lowest BCUT2D eigenvalue weighted by Gasteiger charge is -2.28. The van der Waals surface area contributed by atoms with Crippen molar-refractivity contribution in [1.29, 1.82) is 0 Å². The van der Waals surface area contributed by atoms with Crippen LogP contribution in [0.1, 0.15) is 12.7 Å². The molecule has 108 valence electrons. The molecule has 3 rings (SSSR count). The number of allylic oxidation sites excluding steroid dienone is 1. The van der Waals surface area contributed by atoms with E-state index in [9.17, 15) is 4.79 Å². The molecular weight excluding hydrogens is 300 g/mol. The van der Waals surface area contributed by atoms with Crippen LogP contribution < -0.4 is 15.8 Å². The molecule has 2 aliphatic rings. The standard InChI is InChI=1S/C12H15ClN4O2S/c1-7-9(20-6-14-7)10-15-11(8(13)12(18)16-10)17-2-4-19-5-3-17/h14H,2-6H2,1H3,(H,15,16,18). The maximum atomic E-state index is 12.0. The summed E-state index contributed by atoms with van der Waals surface area (Å²) in [5, 5.41) is 3.36. The van der Waals surface area contributed by atoms with Crippen LogP contribution in [0.15, 0.2) is 10.5 Å². The number of ether oxygens (including phenoxy) is 1. The van der Waals surface area contributed by atoms with Crippen LogP contribution in [-0.2, 0) is 4.74 Å². The van der Waals surface area contributed by atoms with E-state index in [1.807, 2.05) is 11.8 Å². The molecule has 8 heteroatoms. The molecule has 0 aliphatic carbocycles. The fraction of sp³-hybridized carbons (Fsp3) is 0.500. The number of halogens is 1. The fourth-order valence-electron chi connectivity index (χ4n) is 2.19. The molecule has 0 amide bonds. The van der Waals surface area contributed by atoms with Crippen LogP contribution in [-0.4, -0.2) is 42.1 Å². The molecule has 0 aromatic carbocycles. The summed E-state index contributed by atoms with van der Waals surface area (Å²) < 4.78 is 5.32. The second-order valence-electron chi connectivity index (χ2n) is 4.57. The predicted octanol–water partition coefficient (Wildman–Crippen LogP) is 1.24. The molecule has 0 spiro atoms. The molecule has 0 unspecified atom stereocenters. The Kier molecular flexibility index (Phi) is 3.91. The van der Waals surface area contributed by atoms with E-state index in [0.29, 0.717) is 37.9 Å². The van der Waals surface area contributed by atoms with Gasteiger partial charge >= 0.3 is 0 Å². The van der Waals surface area contributed by atoms with Crippen molar-refractivity contribution in [3.63, 3.8) is 0 Å². The zero-order valence-electron chi connectivity index (χ0n) is 11.0. The number of nitrogens with zero attached hydrogens (tertiary/aromatic N) is 2. The third kappa shape index (κ3) is 2.53. The van der Waals surface area contributed by atoms with Gasteiger partial charge < -0.3 is 19.9 Å². The summed E-state index contributed by atoms with van der Waals surface area (Å²) in [5.74, 6) is 1.91. The number of aromatic nitrogens is 2. The molecule has 2 N–H and O–H groups in total. The van der Waals surface area contributed by atoms with Crippen molar-refractivity contribution < 1.29 is 4.74 Å². The number of hydrogen-bond acceptors (Lipinski definition) is 6. The molecule has 1 aromatic rings. The van der Waals surface area contributed by atoms with E-state index >= 15 is 0 Å². The fourth-order valence-corrected chi connectivity index (χ4v) is 3.35. The quantitative estimate of drug-likeness (QED) is 0.856. The second kappa shape index (κ2) is 5.67. The van der Waals surface area contributed by atoms with Crippen molar-refractivity contribution in [1.82, 2.24) is 15.3 Å². The minimum Gasteiger partial charge on any atom is -0.378 e. The second-order valence-corrected chi connectivity index (χ2v) is 5.93. The van der Waals surface area contributed by atoms with Crippen LogP contribution in [0.5, 0.6) is 0 Å². The Bertz CT molecular complexity index is 610. The first-order valence-electron chi connectivity index (χ1n) is 6.37. The smallest absolute Gasteiger partial charge is 0.272 e. The summed E-state index contributed by atoms with van der Waals surface area (Å²) in [4.78, 5) is 22.3. The van der Waals surface area contributed by atoms with Crippen LogP contribution in [0.3, 0.4) is 0 Å². The summed E-state index contributed by atoms with van der Waals surface area (Å²) in [6.07, 6.45) is 0. The summed E-state index contributed by atoms with van der Waals surface area (Å²) in [6.45, 7) is 4.60. The highest BCUT2D eigenvalue weighted by molar-refractivity contribution is 8.08. The summed E-state index contributed by atoms with van der Waals surface area (Å²) >= 11 is 7.74. The Hall–Kier alpha value is -1.18. The number of thioether (sulfide) groups is 1. The van der Waals surface area contributed by atoms with E-state index in [1.54, 1.807) is 11.8 Å². The highest BCUT2D eigenvalue weighted by Crippen LogP contribution is 2.32. The van der Waals surface area contributed by atoms with Crippen LogP contribution in [0, 0.1) is 0 Å². The Balaban J connectivity index is 2.03. The lowest BCUT2D eigenvalue weighted by Crippen LogP contribution is -2.38. The lowest BCUT2D eigenvalue weighted by molar-refractivity contribution is 0.122. The highest BCUT2D eigenvalue weighted by Gasteiger charge is 2.22. The van der Waals surface area contributed by atoms with Crippen molar-refractivity contribution in [2.75, 3.05) is 37.1 Å². The molecular formula is C12H15ClN4O2S. The molecule has 0 bridgehead atoms. The summed E-state index contributed by atoms with van der Waals surface area (Å²) in [6, 6.07) is 0. The lowest BCUT2D eigenvalue weighted by atomic mass is 10.3. The van der Waals surface area contributed by atoms with Gasteiger partial charge in [-0.15, -0.1) is 0 Å². The van der Waals surface area contributed by atoms with Crippen LogP contribution in [0.2, 0.25) is 5.02 Å². The number of hydrogen-bond donors (Lipinski definition) is 2. The minimum atomic E-state index is -0.300. The number of H-pyrrole nitrogens is 1. The first-order chi connectivity index (χ1) is 9.66. The maximum absolute atomic E-state index is 12.0. The van der Waals surface area contributed by atoms with E-state index in [0.717, 1.165) is 16.5 Å². The Labute approximate surface area is 125 Å². The molecule has 2 aliphatic heterocycles. The van der Waals surface area contributed by atoms with Crippen molar-refractivity contribution in [2.45, 2.75) is 6.92 Å². The average Bonchev–Trinajstić information content (AvgIpc) is 2.89. The molecule has 3 heterocycles. The minimum absolute atomic E-state index is 0.143. The normalized spacial score (nSPS) is 19.4. The van der Waals surface area contributed by atoms with Gasteiger partial charge in [0.25, 0.3) is 5.56 Å². The van der Waals surface area contributed by atoms with E-state index in [4.69, 9.17) is 16.3 Å². The van der Waals surface area contributed by atoms with Crippen molar-refractivity contribution >= 4 is 34.1 Å². The van der Waals surface area contributed by atoms with Gasteiger partial charge in [0.05, 0.1) is 24.0 Å². The van der Waals surface area contributed by atoms with E-state index in [2.05, 4.69) is 15.3 Å². The molecule has 0 saturated carbocycles. The third-order valence-corrected chi connectivity index (χ3v) is 4.68. The first kappa shape index (κ1) is 13.8. The van der Waals surface area contributed by atoms with Crippen molar-refractivity contribution in [3.8, 4) is 0 Å². The number of morpholine rings is 1. The van der Waals surface area contributed by atoms with Gasteiger partial charge in [0, 0.05) is 18.8 Å². The number of aromatic amines is 1. The van der Waals surface area contributed by atoms with Gasteiger partial charge in [0.15, 0.2) is 11.6 Å². The highest BCUT2D eigenvalue weighted by atomic mass is 35.5. The topological polar surface area (TPSA) is 70.2 Å². The Morgan fingerprint density at radius 1 is 1.40 bits per heavy atom. The Morgan fingerprint density at radius 3 is 2.80 bits per heavy atom. The maximum Gasteiger partial charge on any atom is 0.272 e. The van der Waals surface area contributed by atoms with Crippen molar-refractivity contribution in [2.24, 2.45) is 0 Å². The first-order valence-corrected chi connectivity index (χ1v) is 7.73. The van der Waals surface area contributed by atoms with Gasteiger partial charge in [-0.1, -0.05) is 23.4 Å². The van der Waals surface area contributed by atoms with E-state index in [1.165, 1.54) is 0 Å². The average molecular weight is 315 g/mol. The van der Waals surface area contributed by atoms with Gasteiger partial charge in [-0.25, -0.2) is 4.98 Å². The molecule has 1 saturated heterocycles. The van der Waals surface area contributed by atoms with Crippen LogP contribution in [0.25, 0.3) is 4.91 Å². The van der Waals surface area contributed by atoms with Gasteiger partial charge in [-0.2, -0.15) is 0 Å². The van der Waals surface area contributed by atoms with Gasteiger partial charge in [-0.3, -0.25) is 4.79 Å². The predicted molar refractivity (Wildman–Crippen MR) is 81.1 cm³/mol. The monoisotopic (exact) mass is 314 g/mol. The van der Waals surface area contributed by atoms with Gasteiger partial charge in [0.2, 0.25) is 0 Å². The van der Waals surface area contributed by atoms with Crippen molar-refractivity contribution in [3.05, 3.63) is 26.9 Å². The molecule has 1 fully saturated rings. The largest absolute Gasteiger partial charge is 0.378 e. The molecule has 1 aromatic heterocycles. The van der Waals surface area contributed by atoms with Crippen LogP contribution in [0.4, 0.5) is 5.82 Å². The molecule has 6 nitrogen and oxygen atoms in total. The molecule has 0 radical (unpaired) electrons. The number of rotatable bonds is 2. The van der Waals surface area contributed by atoms with Gasteiger partial charge in [-0.05, 0) is 6.92 Å². The van der Waals surface area contributed by atoms with Crippen LogP contribution >= 0.6 is 23.4 Å². The zero-order valence-corrected chi connectivity index (χ0v) is 12.6. The Morgan fingerprint density at radius 2 is 2.15 bits per heavy atom.